The molecule has 0 bridgehead atoms. The largest absolute Gasteiger partial charge is 0.357 e. The Labute approximate surface area is 122 Å². The Morgan fingerprint density at radius 2 is 1.85 bits per heavy atom. The number of fused-ring (bicyclic) bond motifs is 1. The fourth-order valence-corrected chi connectivity index (χ4v) is 3.74. The van der Waals surface area contributed by atoms with Crippen molar-refractivity contribution < 1.29 is 8.42 Å². The first-order valence-electron chi connectivity index (χ1n) is 7.70. The van der Waals surface area contributed by atoms with Crippen LogP contribution < -0.4 is 5.32 Å². The van der Waals surface area contributed by atoms with Gasteiger partial charge >= 0.3 is 0 Å². The van der Waals surface area contributed by atoms with Crippen molar-refractivity contribution in [2.24, 2.45) is 16.8 Å². The summed E-state index contributed by atoms with van der Waals surface area (Å²) in [7, 11) is -2.93. The average molecular weight is 301 g/mol. The van der Waals surface area contributed by atoms with Crippen molar-refractivity contribution in [1.29, 1.82) is 0 Å². The van der Waals surface area contributed by atoms with E-state index in [1.165, 1.54) is 31.9 Å². The monoisotopic (exact) mass is 301 g/mol. The third kappa shape index (κ3) is 4.36. The van der Waals surface area contributed by atoms with E-state index in [0.29, 0.717) is 6.54 Å². The molecule has 2 atom stereocenters. The van der Waals surface area contributed by atoms with Gasteiger partial charge in [-0.3, -0.25) is 4.99 Å². The highest BCUT2D eigenvalue weighted by atomic mass is 32.2. The molecule has 0 aromatic rings. The van der Waals surface area contributed by atoms with E-state index in [1.807, 2.05) is 0 Å². The van der Waals surface area contributed by atoms with Gasteiger partial charge in [0.15, 0.2) is 5.96 Å². The van der Waals surface area contributed by atoms with Crippen molar-refractivity contribution in [2.45, 2.75) is 32.6 Å². The van der Waals surface area contributed by atoms with E-state index >= 15 is 0 Å². The summed E-state index contributed by atoms with van der Waals surface area (Å²) in [6.07, 6.45) is 6.65. The summed E-state index contributed by atoms with van der Waals surface area (Å²) >= 11 is 0. The highest BCUT2D eigenvalue weighted by molar-refractivity contribution is 7.90. The normalized spacial score (nSPS) is 27.5. The maximum atomic E-state index is 11.2. The summed E-state index contributed by atoms with van der Waals surface area (Å²) in [6, 6.07) is 0. The van der Waals surface area contributed by atoms with E-state index in [4.69, 9.17) is 0 Å². The van der Waals surface area contributed by atoms with Crippen LogP contribution in [-0.2, 0) is 9.84 Å². The van der Waals surface area contributed by atoms with Crippen LogP contribution in [0.25, 0.3) is 0 Å². The van der Waals surface area contributed by atoms with Gasteiger partial charge in [-0.15, -0.1) is 0 Å². The van der Waals surface area contributed by atoms with Crippen LogP contribution in [0.4, 0.5) is 0 Å². The van der Waals surface area contributed by atoms with E-state index in [0.717, 1.165) is 37.4 Å². The second kappa shape index (κ2) is 6.78. The summed E-state index contributed by atoms with van der Waals surface area (Å²) in [5.74, 6) is 2.64. The van der Waals surface area contributed by atoms with Crippen LogP contribution in [0.2, 0.25) is 0 Å². The zero-order valence-electron chi connectivity index (χ0n) is 12.6. The van der Waals surface area contributed by atoms with Gasteiger partial charge in [-0.2, -0.15) is 0 Å². The number of hydrogen-bond donors (Lipinski definition) is 1. The summed E-state index contributed by atoms with van der Waals surface area (Å²) < 4.78 is 22.4. The maximum Gasteiger partial charge on any atom is 0.193 e. The third-order valence-corrected chi connectivity index (χ3v) is 5.26. The van der Waals surface area contributed by atoms with Crippen LogP contribution in [0, 0.1) is 11.8 Å². The van der Waals surface area contributed by atoms with Crippen molar-refractivity contribution >= 4 is 15.8 Å². The topological polar surface area (TPSA) is 61.8 Å². The van der Waals surface area contributed by atoms with Gasteiger partial charge in [0.2, 0.25) is 0 Å². The second-order valence-electron chi connectivity index (χ2n) is 6.08. The average Bonchev–Trinajstić information content (AvgIpc) is 2.80. The quantitative estimate of drug-likeness (QED) is 0.624. The van der Waals surface area contributed by atoms with Gasteiger partial charge < -0.3 is 10.2 Å². The molecule has 0 radical (unpaired) electrons. The number of sulfone groups is 1. The number of nitrogens with zero attached hydrogens (tertiary/aromatic N) is 2. The molecule has 0 amide bonds. The smallest absolute Gasteiger partial charge is 0.193 e. The number of guanidine groups is 1. The predicted octanol–water partition coefficient (Wildman–Crippen LogP) is 1.12. The molecule has 6 heteroatoms. The first-order chi connectivity index (χ1) is 9.49. The Bertz CT molecular complexity index is 433. The van der Waals surface area contributed by atoms with Crippen LogP contribution >= 0.6 is 0 Å². The van der Waals surface area contributed by atoms with Crippen LogP contribution in [0.5, 0.6) is 0 Å². The first-order valence-corrected chi connectivity index (χ1v) is 9.76. The second-order valence-corrected chi connectivity index (χ2v) is 8.33. The van der Waals surface area contributed by atoms with Gasteiger partial charge in [0.1, 0.15) is 9.84 Å². The summed E-state index contributed by atoms with van der Waals surface area (Å²) in [4.78, 5) is 6.82. The number of aliphatic imine (C=N–C) groups is 1. The zero-order chi connectivity index (χ0) is 14.6. The molecule has 1 heterocycles. The van der Waals surface area contributed by atoms with Gasteiger partial charge in [-0.25, -0.2) is 8.42 Å². The third-order valence-electron chi connectivity index (χ3n) is 4.33. The molecule has 0 aromatic carbocycles. The van der Waals surface area contributed by atoms with Crippen molar-refractivity contribution in [2.75, 3.05) is 38.2 Å². The van der Waals surface area contributed by atoms with Gasteiger partial charge in [0.25, 0.3) is 0 Å². The molecule has 2 unspecified atom stereocenters. The summed E-state index contributed by atoms with van der Waals surface area (Å²) in [5.41, 5.74) is 0. The van der Waals surface area contributed by atoms with E-state index in [2.05, 4.69) is 22.1 Å². The van der Waals surface area contributed by atoms with Crippen LogP contribution in [0.15, 0.2) is 4.99 Å². The van der Waals surface area contributed by atoms with E-state index in [9.17, 15) is 8.42 Å². The van der Waals surface area contributed by atoms with Crippen molar-refractivity contribution in [1.82, 2.24) is 10.2 Å². The van der Waals surface area contributed by atoms with Gasteiger partial charge in [0.05, 0.1) is 12.3 Å². The van der Waals surface area contributed by atoms with E-state index in [-0.39, 0.29) is 5.75 Å². The lowest BCUT2D eigenvalue weighted by Gasteiger charge is -2.22. The molecule has 0 aromatic heterocycles. The number of rotatable bonds is 4. The Morgan fingerprint density at radius 1 is 1.25 bits per heavy atom. The summed E-state index contributed by atoms with van der Waals surface area (Å²) in [5, 5.41) is 3.30. The van der Waals surface area contributed by atoms with Crippen LogP contribution in [0.3, 0.4) is 0 Å². The molecule has 1 aliphatic carbocycles. The Hall–Kier alpha value is -0.780. The molecular formula is C14H27N3O2S. The molecule has 5 nitrogen and oxygen atoms in total. The number of hydrogen-bond acceptors (Lipinski definition) is 3. The van der Waals surface area contributed by atoms with E-state index in [1.54, 1.807) is 0 Å². The molecule has 1 aliphatic heterocycles. The lowest BCUT2D eigenvalue weighted by atomic mass is 9.82. The minimum Gasteiger partial charge on any atom is -0.357 e. The van der Waals surface area contributed by atoms with Gasteiger partial charge in [-0.05, 0) is 31.6 Å². The minimum atomic E-state index is -2.93. The molecule has 1 saturated carbocycles. The first kappa shape index (κ1) is 15.6. The SMILES string of the molecule is CCNC(=NCCS(C)(=O)=O)N1CC2CCCCC2C1. The predicted molar refractivity (Wildman–Crippen MR) is 82.7 cm³/mol. The van der Waals surface area contributed by atoms with Crippen molar-refractivity contribution in [3.63, 3.8) is 0 Å². The highest BCUT2D eigenvalue weighted by Gasteiger charge is 2.35. The molecule has 1 saturated heterocycles. The lowest BCUT2D eigenvalue weighted by molar-refractivity contribution is 0.299. The van der Waals surface area contributed by atoms with Gasteiger partial charge in [0, 0.05) is 25.9 Å². The Morgan fingerprint density at radius 3 is 2.35 bits per heavy atom. The fourth-order valence-electron chi connectivity index (χ4n) is 3.32. The molecule has 2 aliphatic rings. The molecule has 116 valence electrons. The standard InChI is InChI=1S/C14H27N3O2S/c1-3-15-14(16-8-9-20(2,18)19)17-10-12-6-4-5-7-13(12)11-17/h12-13H,3-11H2,1-2H3,(H,15,16). The molecule has 1 N–H and O–H groups in total. The molecular weight excluding hydrogens is 274 g/mol. The summed E-state index contributed by atoms with van der Waals surface area (Å²) in [6.45, 7) is 5.39. The van der Waals surface area contributed by atoms with Crippen LogP contribution in [-0.4, -0.2) is 57.5 Å². The van der Waals surface area contributed by atoms with Crippen molar-refractivity contribution in [3.05, 3.63) is 0 Å². The lowest BCUT2D eigenvalue weighted by Crippen LogP contribution is -2.40. The Kier molecular flexibility index (Phi) is 5.29. The van der Waals surface area contributed by atoms with Crippen molar-refractivity contribution in [3.8, 4) is 0 Å². The molecule has 2 fully saturated rings. The van der Waals surface area contributed by atoms with Gasteiger partial charge in [-0.1, -0.05) is 12.8 Å². The zero-order valence-corrected chi connectivity index (χ0v) is 13.5. The minimum absolute atomic E-state index is 0.128. The van der Waals surface area contributed by atoms with Crippen LogP contribution in [0.1, 0.15) is 32.6 Å². The van der Waals surface area contributed by atoms with E-state index < -0.39 is 9.84 Å². The Balaban J connectivity index is 1.96. The maximum absolute atomic E-state index is 11.2. The number of nitrogens with one attached hydrogen (secondary N) is 1. The molecule has 0 spiro atoms. The molecule has 20 heavy (non-hydrogen) atoms. The fraction of sp³-hybridized carbons (Fsp3) is 0.929. The highest BCUT2D eigenvalue weighted by Crippen LogP contribution is 2.35. The number of likely N-dealkylation sites (tertiary alicyclic amines) is 1. The molecule has 2 rings (SSSR count).